The number of halogens is 1. The van der Waals surface area contributed by atoms with Crippen LogP contribution in [0.2, 0.25) is 0 Å². The molecule has 0 atom stereocenters. The zero-order valence-corrected chi connectivity index (χ0v) is 24.6. The SMILES string of the molecule is CN(C)Cc1cc(OCCCCCCc2cccc(OCCCC(=O)O)c2CCC(=O)O)cc(-c2ccc(F)cc2)c1. The largest absolute Gasteiger partial charge is 0.494 e. The third-order valence-electron chi connectivity index (χ3n) is 6.86. The Hall–Kier alpha value is -3.91. The molecule has 0 radical (unpaired) electrons. The van der Waals surface area contributed by atoms with Crippen LogP contribution in [0.1, 0.15) is 61.6 Å². The molecule has 0 aliphatic carbocycles. The third kappa shape index (κ3) is 11.5. The topological polar surface area (TPSA) is 96.3 Å². The van der Waals surface area contributed by atoms with Gasteiger partial charge in [-0.1, -0.05) is 37.1 Å². The summed E-state index contributed by atoms with van der Waals surface area (Å²) in [7, 11) is 4.04. The maximum absolute atomic E-state index is 13.4. The molecule has 0 unspecified atom stereocenters. The molecule has 2 N–H and O–H groups in total. The van der Waals surface area contributed by atoms with Gasteiger partial charge in [-0.05, 0) is 110 Å². The lowest BCUT2D eigenvalue weighted by Gasteiger charge is -2.16. The van der Waals surface area contributed by atoms with Gasteiger partial charge in [-0.3, -0.25) is 9.59 Å². The standard InChI is InChI=1S/C34H42FNO6/c1-36(2)24-25-21-28(26-13-15-29(35)16-14-26)23-30(22-25)41-19-6-4-3-5-9-27-10-7-11-32(31(27)17-18-34(39)40)42-20-8-12-33(37)38/h7,10-11,13-16,21-23H,3-6,8-9,12,17-20,24H2,1-2H3,(H,37,38)(H,39,40). The molecule has 0 saturated carbocycles. The number of aryl methyl sites for hydroxylation is 1. The maximum atomic E-state index is 13.4. The van der Waals surface area contributed by atoms with Gasteiger partial charge in [-0.15, -0.1) is 0 Å². The van der Waals surface area contributed by atoms with Crippen molar-refractivity contribution in [1.82, 2.24) is 4.90 Å². The minimum atomic E-state index is -0.864. The lowest BCUT2D eigenvalue weighted by Crippen LogP contribution is -2.11. The summed E-state index contributed by atoms with van der Waals surface area (Å²) in [5, 5.41) is 18.1. The van der Waals surface area contributed by atoms with Crippen molar-refractivity contribution in [3.8, 4) is 22.6 Å². The fourth-order valence-corrected chi connectivity index (χ4v) is 4.87. The van der Waals surface area contributed by atoms with Crippen molar-refractivity contribution in [1.29, 1.82) is 0 Å². The Kier molecular flexibility index (Phi) is 13.3. The Labute approximate surface area is 247 Å². The van der Waals surface area contributed by atoms with Crippen molar-refractivity contribution in [2.45, 2.75) is 64.3 Å². The first-order valence-corrected chi connectivity index (χ1v) is 14.6. The fourth-order valence-electron chi connectivity index (χ4n) is 4.87. The van der Waals surface area contributed by atoms with Gasteiger partial charge in [0.05, 0.1) is 13.2 Å². The quantitative estimate of drug-likeness (QED) is 0.148. The Morgan fingerprint density at radius 3 is 2.19 bits per heavy atom. The number of hydrogen-bond acceptors (Lipinski definition) is 5. The number of carboxylic acid groups (broad SMARTS) is 2. The van der Waals surface area contributed by atoms with Crippen molar-refractivity contribution in [2.75, 3.05) is 27.3 Å². The second-order valence-electron chi connectivity index (χ2n) is 10.8. The highest BCUT2D eigenvalue weighted by Crippen LogP contribution is 2.28. The normalized spacial score (nSPS) is 11.0. The monoisotopic (exact) mass is 579 g/mol. The smallest absolute Gasteiger partial charge is 0.303 e. The van der Waals surface area contributed by atoms with Crippen molar-refractivity contribution in [3.63, 3.8) is 0 Å². The molecule has 3 rings (SSSR count). The van der Waals surface area contributed by atoms with E-state index in [-0.39, 0.29) is 25.3 Å². The zero-order chi connectivity index (χ0) is 30.3. The molecular weight excluding hydrogens is 537 g/mol. The first-order chi connectivity index (χ1) is 20.2. The van der Waals surface area contributed by atoms with Crippen LogP contribution in [-0.4, -0.2) is 54.4 Å². The van der Waals surface area contributed by atoms with E-state index in [0.717, 1.165) is 72.2 Å². The van der Waals surface area contributed by atoms with Crippen molar-refractivity contribution in [2.24, 2.45) is 0 Å². The van der Waals surface area contributed by atoms with Crippen LogP contribution < -0.4 is 9.47 Å². The molecule has 0 bridgehead atoms. The minimum Gasteiger partial charge on any atom is -0.494 e. The van der Waals surface area contributed by atoms with Crippen molar-refractivity contribution < 1.29 is 33.7 Å². The maximum Gasteiger partial charge on any atom is 0.303 e. The first-order valence-electron chi connectivity index (χ1n) is 14.6. The second kappa shape index (κ2) is 17.1. The van der Waals surface area contributed by atoms with Crippen molar-refractivity contribution >= 4 is 11.9 Å². The number of unbranched alkanes of at least 4 members (excludes halogenated alkanes) is 3. The van der Waals surface area contributed by atoms with Gasteiger partial charge in [0, 0.05) is 19.4 Å². The lowest BCUT2D eigenvalue weighted by atomic mass is 9.97. The molecule has 3 aromatic carbocycles. The summed E-state index contributed by atoms with van der Waals surface area (Å²) in [4.78, 5) is 24.1. The van der Waals surface area contributed by atoms with E-state index in [1.165, 1.54) is 12.1 Å². The predicted octanol–water partition coefficient (Wildman–Crippen LogP) is 7.00. The summed E-state index contributed by atoms with van der Waals surface area (Å²) in [5.41, 5.74) is 5.04. The van der Waals surface area contributed by atoms with Gasteiger partial charge in [0.1, 0.15) is 17.3 Å². The molecule has 0 aromatic heterocycles. The molecule has 0 fully saturated rings. The van der Waals surface area contributed by atoms with Crippen molar-refractivity contribution in [3.05, 3.63) is 83.2 Å². The summed E-state index contributed by atoms with van der Waals surface area (Å²) in [6.45, 7) is 1.64. The summed E-state index contributed by atoms with van der Waals surface area (Å²) < 4.78 is 25.4. The fraction of sp³-hybridized carbons (Fsp3) is 0.412. The number of benzene rings is 3. The molecule has 0 amide bonds. The number of hydrogen-bond donors (Lipinski definition) is 2. The van der Waals surface area contributed by atoms with E-state index in [1.54, 1.807) is 12.1 Å². The Morgan fingerprint density at radius 2 is 1.48 bits per heavy atom. The molecule has 0 heterocycles. The summed E-state index contributed by atoms with van der Waals surface area (Å²) in [6, 6.07) is 18.4. The first kappa shape index (κ1) is 32.6. The summed E-state index contributed by atoms with van der Waals surface area (Å²) >= 11 is 0. The molecule has 0 aliphatic heterocycles. The molecule has 0 saturated heterocycles. The van der Waals surface area contributed by atoms with E-state index in [2.05, 4.69) is 17.0 Å². The van der Waals surface area contributed by atoms with Gasteiger partial charge in [0.25, 0.3) is 0 Å². The Bertz CT molecular complexity index is 1290. The van der Waals surface area contributed by atoms with Gasteiger partial charge < -0.3 is 24.6 Å². The van der Waals surface area contributed by atoms with E-state index in [9.17, 15) is 19.1 Å². The second-order valence-corrected chi connectivity index (χ2v) is 10.8. The highest BCUT2D eigenvalue weighted by Gasteiger charge is 2.12. The average Bonchev–Trinajstić information content (AvgIpc) is 2.94. The molecule has 226 valence electrons. The number of rotatable bonds is 19. The minimum absolute atomic E-state index is 0.0124. The van der Waals surface area contributed by atoms with Gasteiger partial charge >= 0.3 is 11.9 Å². The summed E-state index contributed by atoms with van der Waals surface area (Å²) in [6.07, 6.45) is 5.50. The van der Waals surface area contributed by atoms with Gasteiger partial charge in [-0.25, -0.2) is 4.39 Å². The lowest BCUT2D eigenvalue weighted by molar-refractivity contribution is -0.138. The highest BCUT2D eigenvalue weighted by atomic mass is 19.1. The molecule has 7 nitrogen and oxygen atoms in total. The van der Waals surface area contributed by atoms with E-state index < -0.39 is 11.9 Å². The molecule has 8 heteroatoms. The number of aliphatic carboxylic acids is 2. The van der Waals surface area contributed by atoms with Gasteiger partial charge in [0.15, 0.2) is 0 Å². The van der Waals surface area contributed by atoms with Gasteiger partial charge in [0.2, 0.25) is 0 Å². The Balaban J connectivity index is 1.51. The van der Waals surface area contributed by atoms with Crippen LogP contribution in [0.4, 0.5) is 4.39 Å². The van der Waals surface area contributed by atoms with E-state index >= 15 is 0 Å². The number of carbonyl (C=O) groups is 2. The molecule has 0 aliphatic rings. The zero-order valence-electron chi connectivity index (χ0n) is 24.6. The van der Waals surface area contributed by atoms with Crippen LogP contribution in [0.25, 0.3) is 11.1 Å². The van der Waals surface area contributed by atoms with E-state index in [0.29, 0.717) is 25.2 Å². The molecular formula is C34H42FNO6. The van der Waals surface area contributed by atoms with E-state index in [1.807, 2.05) is 38.4 Å². The predicted molar refractivity (Wildman–Crippen MR) is 162 cm³/mol. The van der Waals surface area contributed by atoms with Gasteiger partial charge in [-0.2, -0.15) is 0 Å². The number of carboxylic acids is 2. The average molecular weight is 580 g/mol. The Morgan fingerprint density at radius 1 is 0.762 bits per heavy atom. The van der Waals surface area contributed by atoms with Crippen LogP contribution in [0.5, 0.6) is 11.5 Å². The third-order valence-corrected chi connectivity index (χ3v) is 6.86. The van der Waals surface area contributed by atoms with Crippen LogP contribution in [-0.2, 0) is 29.0 Å². The molecule has 3 aromatic rings. The van der Waals surface area contributed by atoms with Crippen LogP contribution in [0, 0.1) is 5.82 Å². The van der Waals surface area contributed by atoms with Crippen LogP contribution in [0.15, 0.2) is 60.7 Å². The number of ether oxygens (including phenoxy) is 2. The molecule has 42 heavy (non-hydrogen) atoms. The molecule has 0 spiro atoms. The van der Waals surface area contributed by atoms with Crippen LogP contribution >= 0.6 is 0 Å². The number of nitrogens with zero attached hydrogens (tertiary/aromatic N) is 1. The summed E-state index contributed by atoms with van der Waals surface area (Å²) in [5.74, 6) is -0.541. The van der Waals surface area contributed by atoms with E-state index in [4.69, 9.17) is 14.6 Å². The highest BCUT2D eigenvalue weighted by molar-refractivity contribution is 5.68. The van der Waals surface area contributed by atoms with Crippen LogP contribution in [0.3, 0.4) is 0 Å².